The molecule has 2 amide bonds. The van der Waals surface area contributed by atoms with Gasteiger partial charge in [-0.25, -0.2) is 4.79 Å². The average molecular weight is 243 g/mol. The van der Waals surface area contributed by atoms with E-state index in [0.717, 1.165) is 25.9 Å². The summed E-state index contributed by atoms with van der Waals surface area (Å²) in [4.78, 5) is 24.0. The number of carbonyl (C=O) groups is 2. The second-order valence-corrected chi connectivity index (χ2v) is 4.14. The van der Waals surface area contributed by atoms with Crippen LogP contribution in [0.3, 0.4) is 0 Å². The number of hydrogen-bond donors (Lipinski definition) is 3. The van der Waals surface area contributed by atoms with Crippen molar-refractivity contribution in [2.45, 2.75) is 32.2 Å². The summed E-state index contributed by atoms with van der Waals surface area (Å²) in [6.45, 7) is 4.66. The molecule has 0 bridgehead atoms. The molecule has 0 atom stereocenters. The number of hydrogen-bond acceptors (Lipinski definition) is 3. The van der Waals surface area contributed by atoms with Crippen molar-refractivity contribution in [3.05, 3.63) is 0 Å². The van der Waals surface area contributed by atoms with Gasteiger partial charge in [0.05, 0.1) is 6.42 Å². The molecule has 98 valence electrons. The van der Waals surface area contributed by atoms with E-state index in [9.17, 15) is 9.59 Å². The van der Waals surface area contributed by atoms with Gasteiger partial charge < -0.3 is 20.6 Å². The molecule has 6 nitrogen and oxygen atoms in total. The molecule has 1 heterocycles. The van der Waals surface area contributed by atoms with Gasteiger partial charge in [0.15, 0.2) is 0 Å². The van der Waals surface area contributed by atoms with Gasteiger partial charge in [-0.15, -0.1) is 0 Å². The SMILES string of the molecule is CCN(C(=O)NCCC(=O)O)C1CCNCC1. The van der Waals surface area contributed by atoms with Crippen molar-refractivity contribution < 1.29 is 14.7 Å². The second-order valence-electron chi connectivity index (χ2n) is 4.14. The van der Waals surface area contributed by atoms with Crippen LogP contribution in [0, 0.1) is 0 Å². The van der Waals surface area contributed by atoms with E-state index in [0.29, 0.717) is 6.54 Å². The number of carboxylic acid groups (broad SMARTS) is 1. The molecule has 17 heavy (non-hydrogen) atoms. The predicted octanol–water partition coefficient (Wildman–Crippen LogP) is 0.245. The third-order valence-corrected chi connectivity index (χ3v) is 2.97. The Bertz CT molecular complexity index is 265. The van der Waals surface area contributed by atoms with Crippen LogP contribution in [-0.4, -0.2) is 54.2 Å². The Morgan fingerprint density at radius 2 is 2.06 bits per heavy atom. The Labute approximate surface area is 101 Å². The Balaban J connectivity index is 2.37. The van der Waals surface area contributed by atoms with Crippen LogP contribution in [0.4, 0.5) is 4.79 Å². The summed E-state index contributed by atoms with van der Waals surface area (Å²) in [6, 6.07) is 0.117. The minimum atomic E-state index is -0.893. The molecule has 1 saturated heterocycles. The fourth-order valence-corrected chi connectivity index (χ4v) is 2.06. The molecule has 0 saturated carbocycles. The fraction of sp³-hybridized carbons (Fsp3) is 0.818. The van der Waals surface area contributed by atoms with Crippen molar-refractivity contribution in [1.82, 2.24) is 15.5 Å². The Morgan fingerprint density at radius 3 is 2.59 bits per heavy atom. The number of piperidine rings is 1. The highest BCUT2D eigenvalue weighted by atomic mass is 16.4. The van der Waals surface area contributed by atoms with Crippen LogP contribution in [0.25, 0.3) is 0 Å². The van der Waals surface area contributed by atoms with Gasteiger partial charge in [0.1, 0.15) is 0 Å². The van der Waals surface area contributed by atoms with Crippen molar-refractivity contribution in [1.29, 1.82) is 0 Å². The van der Waals surface area contributed by atoms with Gasteiger partial charge in [0.25, 0.3) is 0 Å². The standard InChI is InChI=1S/C11H21N3O3/c1-2-14(9-3-6-12-7-4-9)11(17)13-8-5-10(15)16/h9,12H,2-8H2,1H3,(H,13,17)(H,15,16). The van der Waals surface area contributed by atoms with Gasteiger partial charge in [-0.1, -0.05) is 0 Å². The molecule has 0 radical (unpaired) electrons. The fourth-order valence-electron chi connectivity index (χ4n) is 2.06. The maximum atomic E-state index is 11.9. The minimum Gasteiger partial charge on any atom is -0.481 e. The van der Waals surface area contributed by atoms with Gasteiger partial charge in [-0.2, -0.15) is 0 Å². The van der Waals surface area contributed by atoms with Crippen molar-refractivity contribution >= 4 is 12.0 Å². The highest BCUT2D eigenvalue weighted by Gasteiger charge is 2.23. The van der Waals surface area contributed by atoms with Crippen LogP contribution in [0.15, 0.2) is 0 Å². The van der Waals surface area contributed by atoms with Crippen LogP contribution in [0.5, 0.6) is 0 Å². The van der Waals surface area contributed by atoms with E-state index >= 15 is 0 Å². The van der Waals surface area contributed by atoms with E-state index in [2.05, 4.69) is 10.6 Å². The number of nitrogens with zero attached hydrogens (tertiary/aromatic N) is 1. The first kappa shape index (κ1) is 13.8. The number of rotatable bonds is 5. The first-order valence-corrected chi connectivity index (χ1v) is 6.12. The first-order chi connectivity index (χ1) is 8.15. The second kappa shape index (κ2) is 7.11. The molecule has 0 aromatic heterocycles. The number of carbonyl (C=O) groups excluding carboxylic acids is 1. The molecule has 3 N–H and O–H groups in total. The van der Waals surface area contributed by atoms with Gasteiger partial charge in [0, 0.05) is 19.1 Å². The molecule has 0 aliphatic carbocycles. The Kier molecular flexibility index (Phi) is 5.76. The van der Waals surface area contributed by atoms with Crippen LogP contribution in [-0.2, 0) is 4.79 Å². The number of amides is 2. The summed E-state index contributed by atoms with van der Waals surface area (Å²) in [5.41, 5.74) is 0. The van der Waals surface area contributed by atoms with E-state index in [1.54, 1.807) is 4.90 Å². The van der Waals surface area contributed by atoms with Crippen molar-refractivity contribution in [2.75, 3.05) is 26.2 Å². The minimum absolute atomic E-state index is 0.0322. The summed E-state index contributed by atoms with van der Waals surface area (Å²) in [6.07, 6.45) is 1.88. The molecule has 1 aliphatic heterocycles. The van der Waals surface area contributed by atoms with Crippen molar-refractivity contribution in [2.24, 2.45) is 0 Å². The number of nitrogens with one attached hydrogen (secondary N) is 2. The molecular weight excluding hydrogens is 222 g/mol. The monoisotopic (exact) mass is 243 g/mol. The van der Waals surface area contributed by atoms with Gasteiger partial charge in [0.2, 0.25) is 0 Å². The predicted molar refractivity (Wildman–Crippen MR) is 63.9 cm³/mol. The maximum Gasteiger partial charge on any atom is 0.317 e. The molecule has 0 spiro atoms. The molecule has 1 rings (SSSR count). The zero-order valence-electron chi connectivity index (χ0n) is 10.2. The lowest BCUT2D eigenvalue weighted by atomic mass is 10.1. The van der Waals surface area contributed by atoms with Gasteiger partial charge in [-0.05, 0) is 32.9 Å². The highest BCUT2D eigenvalue weighted by Crippen LogP contribution is 2.11. The quantitative estimate of drug-likeness (QED) is 0.646. The van der Waals surface area contributed by atoms with Crippen LogP contribution in [0.1, 0.15) is 26.2 Å². The molecule has 6 heteroatoms. The number of aliphatic carboxylic acids is 1. The van der Waals surface area contributed by atoms with E-state index < -0.39 is 5.97 Å². The largest absolute Gasteiger partial charge is 0.481 e. The first-order valence-electron chi connectivity index (χ1n) is 6.12. The lowest BCUT2D eigenvalue weighted by molar-refractivity contribution is -0.136. The number of carboxylic acids is 1. The molecule has 0 aromatic carbocycles. The molecule has 1 aliphatic rings. The van der Waals surface area contributed by atoms with E-state index in [1.807, 2.05) is 6.92 Å². The van der Waals surface area contributed by atoms with Crippen LogP contribution < -0.4 is 10.6 Å². The van der Waals surface area contributed by atoms with Crippen molar-refractivity contribution in [3.63, 3.8) is 0 Å². The average Bonchev–Trinajstić information content (AvgIpc) is 2.31. The molecule has 1 fully saturated rings. The smallest absolute Gasteiger partial charge is 0.317 e. The summed E-state index contributed by atoms with van der Waals surface area (Å²) < 4.78 is 0. The maximum absolute atomic E-state index is 11.9. The van der Waals surface area contributed by atoms with E-state index in [1.165, 1.54) is 0 Å². The molecule has 0 unspecified atom stereocenters. The molecular formula is C11H21N3O3. The lowest BCUT2D eigenvalue weighted by Gasteiger charge is -2.33. The summed E-state index contributed by atoms with van der Waals surface area (Å²) in [5, 5.41) is 14.4. The zero-order valence-corrected chi connectivity index (χ0v) is 10.2. The summed E-state index contributed by atoms with van der Waals surface area (Å²) >= 11 is 0. The Morgan fingerprint density at radius 1 is 1.41 bits per heavy atom. The third kappa shape index (κ3) is 4.60. The normalized spacial score (nSPS) is 16.5. The van der Waals surface area contributed by atoms with Gasteiger partial charge in [-0.3, -0.25) is 4.79 Å². The number of urea groups is 1. The highest BCUT2D eigenvalue weighted by molar-refractivity contribution is 5.75. The zero-order chi connectivity index (χ0) is 12.7. The third-order valence-electron chi connectivity index (χ3n) is 2.97. The van der Waals surface area contributed by atoms with E-state index in [4.69, 9.17) is 5.11 Å². The summed E-state index contributed by atoms with van der Waals surface area (Å²) in [7, 11) is 0. The van der Waals surface area contributed by atoms with Gasteiger partial charge >= 0.3 is 12.0 Å². The lowest BCUT2D eigenvalue weighted by Crippen LogP contribution is -2.50. The Hall–Kier alpha value is -1.30. The van der Waals surface area contributed by atoms with Crippen LogP contribution >= 0.6 is 0 Å². The summed E-state index contributed by atoms with van der Waals surface area (Å²) in [5.74, 6) is -0.893. The topological polar surface area (TPSA) is 81.7 Å². The molecule has 0 aromatic rings. The van der Waals surface area contributed by atoms with Crippen molar-refractivity contribution in [3.8, 4) is 0 Å². The van der Waals surface area contributed by atoms with Crippen LogP contribution in [0.2, 0.25) is 0 Å². The van der Waals surface area contributed by atoms with E-state index in [-0.39, 0.29) is 25.0 Å².